The van der Waals surface area contributed by atoms with Gasteiger partial charge in [0.2, 0.25) is 0 Å². The van der Waals surface area contributed by atoms with Gasteiger partial charge in [-0.25, -0.2) is 0 Å². The van der Waals surface area contributed by atoms with Crippen molar-refractivity contribution in [1.82, 2.24) is 4.98 Å². The smallest absolute Gasteiger partial charge is 0.400 e. The number of para-hydroxylation sites is 1. The number of nitrogens with zero attached hydrogens (tertiary/aromatic N) is 1. The molecule has 0 aliphatic heterocycles. The van der Waals surface area contributed by atoms with Crippen LogP contribution in [0.2, 0.25) is 0 Å². The van der Waals surface area contributed by atoms with Crippen LogP contribution in [0.4, 0.5) is 11.4 Å². The number of aromatic nitrogens is 1. The number of hydrogen-bond donors (Lipinski definition) is 2. The van der Waals surface area contributed by atoms with E-state index in [2.05, 4.69) is 4.98 Å². The summed E-state index contributed by atoms with van der Waals surface area (Å²) in [6.07, 6.45) is 0.179. The van der Waals surface area contributed by atoms with E-state index in [1.54, 1.807) is 18.2 Å². The molecular weight excluding hydrogens is 302 g/mol. The van der Waals surface area contributed by atoms with E-state index < -0.39 is 0 Å². The summed E-state index contributed by atoms with van der Waals surface area (Å²) < 4.78 is 11.5. The SMILES string of the molecule is Nc1ccc(-c2ccccc2Oc2nc3cc(N)ccc3o2)cc1. The molecule has 0 bridgehead atoms. The number of benzene rings is 3. The Morgan fingerprint density at radius 3 is 2.42 bits per heavy atom. The van der Waals surface area contributed by atoms with Crippen LogP contribution >= 0.6 is 0 Å². The summed E-state index contributed by atoms with van der Waals surface area (Å²) in [4.78, 5) is 4.33. The number of oxazole rings is 1. The molecule has 4 aromatic rings. The Morgan fingerprint density at radius 1 is 0.833 bits per heavy atom. The van der Waals surface area contributed by atoms with Gasteiger partial charge in [0.15, 0.2) is 5.58 Å². The Kier molecular flexibility index (Phi) is 3.31. The Morgan fingerprint density at radius 2 is 1.58 bits per heavy atom. The summed E-state index contributed by atoms with van der Waals surface area (Å²) in [5, 5.41) is 0. The normalized spacial score (nSPS) is 10.8. The Bertz CT molecular complexity index is 1010. The van der Waals surface area contributed by atoms with Crippen LogP contribution in [0, 0.1) is 0 Å². The van der Waals surface area contributed by atoms with E-state index in [0.717, 1.165) is 11.1 Å². The summed E-state index contributed by atoms with van der Waals surface area (Å²) in [5.74, 6) is 0.654. The van der Waals surface area contributed by atoms with Crippen LogP contribution in [-0.4, -0.2) is 4.98 Å². The van der Waals surface area contributed by atoms with Crippen molar-refractivity contribution >= 4 is 22.5 Å². The van der Waals surface area contributed by atoms with Crippen molar-refractivity contribution < 1.29 is 9.15 Å². The van der Waals surface area contributed by atoms with Crippen LogP contribution < -0.4 is 16.2 Å². The number of ether oxygens (including phenoxy) is 1. The lowest BCUT2D eigenvalue weighted by atomic mass is 10.0. The van der Waals surface area contributed by atoms with Gasteiger partial charge in [0, 0.05) is 16.9 Å². The predicted molar refractivity (Wildman–Crippen MR) is 94.8 cm³/mol. The first-order valence-corrected chi connectivity index (χ1v) is 7.48. The number of rotatable bonds is 3. The maximum absolute atomic E-state index is 5.87. The molecule has 3 aromatic carbocycles. The molecule has 1 heterocycles. The van der Waals surface area contributed by atoms with Gasteiger partial charge in [-0.2, -0.15) is 4.98 Å². The number of anilines is 2. The standard InChI is InChI=1S/C19H15N3O2/c20-13-7-5-12(6-8-13)15-3-1-2-4-17(15)23-19-22-16-11-14(21)9-10-18(16)24-19/h1-11H,20-21H2. The van der Waals surface area contributed by atoms with Crippen LogP contribution in [0.3, 0.4) is 0 Å². The molecule has 0 radical (unpaired) electrons. The van der Waals surface area contributed by atoms with Gasteiger partial charge in [-0.05, 0) is 42.0 Å². The van der Waals surface area contributed by atoms with Crippen LogP contribution in [0.25, 0.3) is 22.2 Å². The molecule has 1 aromatic heterocycles. The molecule has 118 valence electrons. The third-order valence-electron chi connectivity index (χ3n) is 3.70. The van der Waals surface area contributed by atoms with Crippen molar-refractivity contribution in [3.8, 4) is 23.0 Å². The van der Waals surface area contributed by atoms with Gasteiger partial charge in [-0.3, -0.25) is 0 Å². The molecule has 4 rings (SSSR count). The average molecular weight is 317 g/mol. The van der Waals surface area contributed by atoms with Crippen LogP contribution in [0.5, 0.6) is 11.8 Å². The summed E-state index contributed by atoms with van der Waals surface area (Å²) in [6.45, 7) is 0. The Hall–Kier alpha value is -3.47. The molecule has 0 aliphatic rings. The number of fused-ring (bicyclic) bond motifs is 1. The van der Waals surface area contributed by atoms with Gasteiger partial charge in [0.1, 0.15) is 11.3 Å². The lowest BCUT2D eigenvalue weighted by molar-refractivity contribution is 0.344. The molecule has 5 heteroatoms. The van der Waals surface area contributed by atoms with Crippen molar-refractivity contribution in [3.05, 3.63) is 66.7 Å². The Balaban J connectivity index is 1.72. The number of nitrogens with two attached hydrogens (primary N) is 2. The summed E-state index contributed by atoms with van der Waals surface area (Å²) in [5.41, 5.74) is 16.1. The molecule has 5 nitrogen and oxygen atoms in total. The highest BCUT2D eigenvalue weighted by atomic mass is 16.6. The van der Waals surface area contributed by atoms with E-state index in [0.29, 0.717) is 28.2 Å². The first-order valence-electron chi connectivity index (χ1n) is 7.48. The van der Waals surface area contributed by atoms with E-state index in [1.807, 2.05) is 48.5 Å². The van der Waals surface area contributed by atoms with Crippen molar-refractivity contribution in [2.24, 2.45) is 0 Å². The minimum atomic E-state index is 0.179. The van der Waals surface area contributed by atoms with Gasteiger partial charge in [0.25, 0.3) is 0 Å². The van der Waals surface area contributed by atoms with Crippen LogP contribution in [0.15, 0.2) is 71.1 Å². The van der Waals surface area contributed by atoms with E-state index >= 15 is 0 Å². The first-order chi connectivity index (χ1) is 11.7. The van der Waals surface area contributed by atoms with E-state index in [4.69, 9.17) is 20.6 Å². The highest BCUT2D eigenvalue weighted by Crippen LogP contribution is 2.34. The van der Waals surface area contributed by atoms with E-state index in [-0.39, 0.29) is 6.08 Å². The zero-order valence-corrected chi connectivity index (χ0v) is 12.8. The van der Waals surface area contributed by atoms with Crippen molar-refractivity contribution in [3.63, 3.8) is 0 Å². The second-order valence-corrected chi connectivity index (χ2v) is 5.43. The minimum absolute atomic E-state index is 0.179. The molecule has 0 aliphatic carbocycles. The minimum Gasteiger partial charge on any atom is -0.410 e. The monoisotopic (exact) mass is 317 g/mol. The number of hydrogen-bond acceptors (Lipinski definition) is 5. The third-order valence-corrected chi connectivity index (χ3v) is 3.70. The van der Waals surface area contributed by atoms with Crippen LogP contribution in [0.1, 0.15) is 0 Å². The van der Waals surface area contributed by atoms with Crippen molar-refractivity contribution in [1.29, 1.82) is 0 Å². The van der Waals surface area contributed by atoms with Gasteiger partial charge < -0.3 is 20.6 Å². The lowest BCUT2D eigenvalue weighted by Crippen LogP contribution is -1.89. The molecule has 4 N–H and O–H groups in total. The number of nitrogen functional groups attached to an aromatic ring is 2. The molecule has 0 saturated heterocycles. The average Bonchev–Trinajstić information content (AvgIpc) is 2.97. The van der Waals surface area contributed by atoms with E-state index in [1.165, 1.54) is 0 Å². The molecular formula is C19H15N3O2. The van der Waals surface area contributed by atoms with Crippen molar-refractivity contribution in [2.75, 3.05) is 11.5 Å². The van der Waals surface area contributed by atoms with E-state index in [9.17, 15) is 0 Å². The second-order valence-electron chi connectivity index (χ2n) is 5.43. The first kappa shape index (κ1) is 14.1. The van der Waals surface area contributed by atoms with Gasteiger partial charge in [0.05, 0.1) is 0 Å². The van der Waals surface area contributed by atoms with Crippen molar-refractivity contribution in [2.45, 2.75) is 0 Å². The van der Waals surface area contributed by atoms with Crippen LogP contribution in [-0.2, 0) is 0 Å². The maximum Gasteiger partial charge on any atom is 0.400 e. The van der Waals surface area contributed by atoms with Gasteiger partial charge in [-0.15, -0.1) is 0 Å². The fourth-order valence-corrected chi connectivity index (χ4v) is 2.52. The molecule has 0 amide bonds. The quantitative estimate of drug-likeness (QED) is 0.545. The highest BCUT2D eigenvalue weighted by molar-refractivity contribution is 5.77. The fraction of sp³-hybridized carbons (Fsp3) is 0. The third kappa shape index (κ3) is 2.63. The second kappa shape index (κ2) is 5.62. The maximum atomic E-state index is 5.87. The molecule has 0 atom stereocenters. The Labute approximate surface area is 138 Å². The van der Waals surface area contributed by atoms with Gasteiger partial charge in [-0.1, -0.05) is 30.3 Å². The fourth-order valence-electron chi connectivity index (χ4n) is 2.52. The highest BCUT2D eigenvalue weighted by Gasteiger charge is 2.12. The molecule has 0 saturated carbocycles. The molecule has 0 spiro atoms. The summed E-state index contributed by atoms with van der Waals surface area (Å²) in [7, 11) is 0. The zero-order chi connectivity index (χ0) is 16.5. The van der Waals surface area contributed by atoms with Gasteiger partial charge >= 0.3 is 6.08 Å². The lowest BCUT2D eigenvalue weighted by Gasteiger charge is -2.08. The molecule has 24 heavy (non-hydrogen) atoms. The molecule has 0 unspecified atom stereocenters. The predicted octanol–water partition coefficient (Wildman–Crippen LogP) is 4.45. The zero-order valence-electron chi connectivity index (χ0n) is 12.8. The largest absolute Gasteiger partial charge is 0.410 e. The summed E-state index contributed by atoms with van der Waals surface area (Å²) in [6, 6.07) is 20.6. The topological polar surface area (TPSA) is 87.3 Å². The molecule has 0 fully saturated rings. The summed E-state index contributed by atoms with van der Waals surface area (Å²) >= 11 is 0.